The molecule has 0 aromatic carbocycles. The molecule has 0 aromatic heterocycles. The molecule has 0 aliphatic rings. The average molecular weight is 429 g/mol. The average Bonchev–Trinajstić information content (AvgIpc) is 2.67. The fourth-order valence-corrected chi connectivity index (χ4v) is 2.68. The second-order valence-electron chi connectivity index (χ2n) is 7.20. The lowest BCUT2D eigenvalue weighted by Crippen LogP contribution is -2.33. The minimum absolute atomic E-state index is 0.217. The third-order valence-corrected chi connectivity index (χ3v) is 4.43. The molecule has 0 amide bonds. The Morgan fingerprint density at radius 3 is 1.76 bits per heavy atom. The Bertz CT molecular complexity index is 357. The van der Waals surface area contributed by atoms with Crippen molar-refractivity contribution in [3.63, 3.8) is 0 Å². The van der Waals surface area contributed by atoms with Gasteiger partial charge in [0.25, 0.3) is 0 Å². The van der Waals surface area contributed by atoms with Crippen molar-refractivity contribution in [1.82, 2.24) is 5.32 Å². The van der Waals surface area contributed by atoms with Gasteiger partial charge in [0, 0.05) is 6.61 Å². The van der Waals surface area contributed by atoms with Gasteiger partial charge in [0.2, 0.25) is 0 Å². The number of carboxylic acids is 1. The molecule has 8 heteroatoms. The van der Waals surface area contributed by atoms with E-state index in [1.165, 1.54) is 70.6 Å². The molecule has 176 valence electrons. The highest BCUT2D eigenvalue weighted by Gasteiger charge is 2.38. The number of aliphatic carboxylic acids is 1. The van der Waals surface area contributed by atoms with Crippen molar-refractivity contribution < 1.29 is 27.8 Å². The molecule has 0 bridgehead atoms. The van der Waals surface area contributed by atoms with Gasteiger partial charge < -0.3 is 15.6 Å². The highest BCUT2D eigenvalue weighted by molar-refractivity contribution is 5.73. The molecule has 0 aliphatic heterocycles. The van der Waals surface area contributed by atoms with Crippen LogP contribution in [0, 0.1) is 0 Å². The normalized spacial score (nSPS) is 12.3. The second kappa shape index (κ2) is 21.8. The van der Waals surface area contributed by atoms with E-state index in [0.29, 0.717) is 0 Å². The zero-order chi connectivity index (χ0) is 22.4. The zero-order valence-electron chi connectivity index (χ0n) is 18.4. The Morgan fingerprint density at radius 1 is 0.931 bits per heavy atom. The van der Waals surface area contributed by atoms with Gasteiger partial charge in [0.1, 0.15) is 6.23 Å². The van der Waals surface area contributed by atoms with Crippen molar-refractivity contribution in [3.05, 3.63) is 0 Å². The Morgan fingerprint density at radius 2 is 1.38 bits per heavy atom. The van der Waals surface area contributed by atoms with Crippen LogP contribution in [0.4, 0.5) is 13.2 Å². The molecule has 0 saturated carbocycles. The van der Waals surface area contributed by atoms with Gasteiger partial charge in [0.15, 0.2) is 0 Å². The second-order valence-corrected chi connectivity index (χ2v) is 7.20. The van der Waals surface area contributed by atoms with Gasteiger partial charge in [0.05, 0.1) is 0 Å². The van der Waals surface area contributed by atoms with Crippen LogP contribution in [0.25, 0.3) is 0 Å². The number of carboxylic acid groups (broad SMARTS) is 1. The lowest BCUT2D eigenvalue weighted by molar-refractivity contribution is -0.192. The number of carbonyl (C=O) groups is 1. The van der Waals surface area contributed by atoms with Crippen molar-refractivity contribution in [2.24, 2.45) is 5.73 Å². The Balaban J connectivity index is 0. The maximum atomic E-state index is 10.6. The molecule has 0 spiro atoms. The molecule has 5 nitrogen and oxygen atoms in total. The lowest BCUT2D eigenvalue weighted by atomic mass is 10.1. The van der Waals surface area contributed by atoms with Crippen molar-refractivity contribution in [3.8, 4) is 0 Å². The van der Waals surface area contributed by atoms with E-state index in [1.54, 1.807) is 0 Å². The molecule has 0 aliphatic carbocycles. The van der Waals surface area contributed by atoms with E-state index in [9.17, 15) is 13.2 Å². The minimum atomic E-state index is -5.08. The van der Waals surface area contributed by atoms with Gasteiger partial charge in [-0.25, -0.2) is 4.79 Å². The van der Waals surface area contributed by atoms with Crippen LogP contribution in [-0.4, -0.2) is 43.2 Å². The summed E-state index contributed by atoms with van der Waals surface area (Å²) < 4.78 is 37.6. The first kappa shape index (κ1) is 30.3. The van der Waals surface area contributed by atoms with Gasteiger partial charge in [-0.15, -0.1) is 0 Å². The highest BCUT2D eigenvalue weighted by atomic mass is 19.4. The summed E-state index contributed by atoms with van der Waals surface area (Å²) in [7, 11) is 0. The van der Waals surface area contributed by atoms with Gasteiger partial charge in [-0.2, -0.15) is 13.2 Å². The maximum absolute atomic E-state index is 10.6. The van der Waals surface area contributed by atoms with E-state index in [0.717, 1.165) is 32.5 Å². The summed E-state index contributed by atoms with van der Waals surface area (Å²) in [5.41, 5.74) is 5.50. The van der Waals surface area contributed by atoms with Crippen molar-refractivity contribution >= 4 is 5.97 Å². The van der Waals surface area contributed by atoms with Crippen LogP contribution in [0.3, 0.4) is 0 Å². The van der Waals surface area contributed by atoms with Gasteiger partial charge in [-0.1, -0.05) is 78.1 Å². The van der Waals surface area contributed by atoms with Crippen LogP contribution in [0.2, 0.25) is 0 Å². The van der Waals surface area contributed by atoms with Crippen LogP contribution in [-0.2, 0) is 9.53 Å². The quantitative estimate of drug-likeness (QED) is 0.195. The molecule has 0 saturated heterocycles. The first-order valence-corrected chi connectivity index (χ1v) is 11.1. The summed E-state index contributed by atoms with van der Waals surface area (Å²) in [6.45, 7) is 7.06. The number of nitrogens with two attached hydrogens (primary N) is 1. The smallest absolute Gasteiger partial charge is 0.475 e. The lowest BCUT2D eigenvalue weighted by Gasteiger charge is -2.17. The summed E-state index contributed by atoms with van der Waals surface area (Å²) >= 11 is 0. The molecular weight excluding hydrogens is 385 g/mol. The van der Waals surface area contributed by atoms with Crippen molar-refractivity contribution in [2.45, 2.75) is 110 Å². The molecule has 1 atom stereocenters. The molecule has 29 heavy (non-hydrogen) atoms. The Kier molecular flexibility index (Phi) is 22.8. The Labute approximate surface area is 174 Å². The summed E-state index contributed by atoms with van der Waals surface area (Å²) in [5.74, 6) is -2.76. The topological polar surface area (TPSA) is 84.6 Å². The first-order chi connectivity index (χ1) is 13.8. The van der Waals surface area contributed by atoms with Crippen LogP contribution < -0.4 is 11.1 Å². The van der Waals surface area contributed by atoms with E-state index in [2.05, 4.69) is 19.2 Å². The predicted molar refractivity (Wildman–Crippen MR) is 112 cm³/mol. The van der Waals surface area contributed by atoms with Crippen molar-refractivity contribution in [2.75, 3.05) is 19.7 Å². The predicted octanol–water partition coefficient (Wildman–Crippen LogP) is 5.62. The highest BCUT2D eigenvalue weighted by Crippen LogP contribution is 2.13. The monoisotopic (exact) mass is 428 g/mol. The molecule has 4 N–H and O–H groups in total. The van der Waals surface area contributed by atoms with E-state index in [4.69, 9.17) is 20.4 Å². The number of nitrogens with one attached hydrogen (secondary N) is 1. The number of rotatable bonds is 18. The van der Waals surface area contributed by atoms with Crippen LogP contribution >= 0.6 is 0 Å². The van der Waals surface area contributed by atoms with Crippen molar-refractivity contribution in [1.29, 1.82) is 0 Å². The summed E-state index contributed by atoms with van der Waals surface area (Å²) in [6, 6.07) is 0. The summed E-state index contributed by atoms with van der Waals surface area (Å²) in [4.78, 5) is 8.90. The van der Waals surface area contributed by atoms with Gasteiger partial charge in [-0.3, -0.25) is 5.32 Å². The number of alkyl halides is 3. The standard InChI is InChI=1S/C19H42N2O.C2HF3O2/c1-3-5-6-7-8-9-10-11-12-13-14-18-22-19(4-2)21-17-15-16-20;3-2(4,5)1(6)7/h19,21H,3-18,20H2,1-2H3;(H,6,7). The van der Waals surface area contributed by atoms with Crippen LogP contribution in [0.5, 0.6) is 0 Å². The van der Waals surface area contributed by atoms with Crippen LogP contribution in [0.1, 0.15) is 97.3 Å². The number of hydrogen-bond donors (Lipinski definition) is 3. The minimum Gasteiger partial charge on any atom is -0.475 e. The summed E-state index contributed by atoms with van der Waals surface area (Å²) in [6.07, 6.45) is 12.4. The number of halogens is 3. The maximum Gasteiger partial charge on any atom is 0.490 e. The zero-order valence-corrected chi connectivity index (χ0v) is 18.4. The number of ether oxygens (including phenoxy) is 1. The molecule has 0 fully saturated rings. The Hall–Kier alpha value is -0.860. The van der Waals surface area contributed by atoms with Gasteiger partial charge in [-0.05, 0) is 32.4 Å². The van der Waals surface area contributed by atoms with E-state index in [-0.39, 0.29) is 6.23 Å². The molecular formula is C21H43F3N2O3. The SMILES string of the molecule is CCCCCCCCCCCCCOC(CC)NCCCN.O=C(O)C(F)(F)F. The molecule has 1 unspecified atom stereocenters. The third kappa shape index (κ3) is 25.1. The first-order valence-electron chi connectivity index (χ1n) is 11.1. The van der Waals surface area contributed by atoms with E-state index < -0.39 is 12.1 Å². The fraction of sp³-hybridized carbons (Fsp3) is 0.952. The van der Waals surface area contributed by atoms with E-state index >= 15 is 0 Å². The molecule has 0 aromatic rings. The third-order valence-electron chi connectivity index (χ3n) is 4.43. The fourth-order valence-electron chi connectivity index (χ4n) is 2.68. The van der Waals surface area contributed by atoms with Gasteiger partial charge >= 0.3 is 12.1 Å². The molecule has 0 heterocycles. The number of unbranched alkanes of at least 4 members (excludes halogenated alkanes) is 10. The van der Waals surface area contributed by atoms with E-state index in [1.807, 2.05) is 0 Å². The molecule has 0 radical (unpaired) electrons. The summed E-state index contributed by atoms with van der Waals surface area (Å²) in [5, 5.41) is 10.5. The largest absolute Gasteiger partial charge is 0.490 e. The molecule has 0 rings (SSSR count). The van der Waals surface area contributed by atoms with Crippen LogP contribution in [0.15, 0.2) is 0 Å². The number of hydrogen-bond acceptors (Lipinski definition) is 4.